The molecule has 6 aromatic rings. The standard InChI is InChI=1S/C43H38O12S3/c1-2-43(54-35-13-25-41(26-14-35)57(48,49)38-19-7-32(45)8-20-38)55-36-15-27-42(28-16-36)58(50,51)40-23-11-34(12-24-40)53-30-4-3-29-52-33-9-21-39(22-10-33)56(46,47)37-17-5-31(44)6-18-37/h3-28,43-45H,2,29-30H2,1H3. The van der Waals surface area contributed by atoms with Crippen LogP contribution in [0.1, 0.15) is 13.3 Å². The normalized spacial score (nSPS) is 12.5. The van der Waals surface area contributed by atoms with E-state index in [1.54, 1.807) is 36.4 Å². The van der Waals surface area contributed by atoms with Crippen molar-refractivity contribution >= 4 is 29.5 Å². The second-order valence-electron chi connectivity index (χ2n) is 12.6. The summed E-state index contributed by atoms with van der Waals surface area (Å²) in [5.74, 6) is 1.60. The molecule has 0 bridgehead atoms. The van der Waals surface area contributed by atoms with Gasteiger partial charge in [-0.05, 0) is 158 Å². The van der Waals surface area contributed by atoms with Crippen molar-refractivity contribution in [1.82, 2.24) is 0 Å². The van der Waals surface area contributed by atoms with Crippen LogP contribution in [0.4, 0.5) is 0 Å². The largest absolute Gasteiger partial charge is 0.508 e. The predicted molar refractivity (Wildman–Crippen MR) is 214 cm³/mol. The van der Waals surface area contributed by atoms with Crippen molar-refractivity contribution in [3.05, 3.63) is 158 Å². The average molecular weight is 843 g/mol. The highest BCUT2D eigenvalue weighted by Gasteiger charge is 2.21. The number of hydrogen-bond acceptors (Lipinski definition) is 12. The van der Waals surface area contributed by atoms with Crippen molar-refractivity contribution in [1.29, 1.82) is 0 Å². The summed E-state index contributed by atoms with van der Waals surface area (Å²) < 4.78 is 101. The van der Waals surface area contributed by atoms with Crippen LogP contribution < -0.4 is 18.9 Å². The van der Waals surface area contributed by atoms with Crippen LogP contribution in [0.25, 0.3) is 0 Å². The number of sulfone groups is 3. The first kappa shape index (κ1) is 41.3. The van der Waals surface area contributed by atoms with E-state index in [0.29, 0.717) is 29.4 Å². The fourth-order valence-corrected chi connectivity index (χ4v) is 9.19. The van der Waals surface area contributed by atoms with Gasteiger partial charge in [-0.2, -0.15) is 0 Å². The Morgan fingerprint density at radius 2 is 0.655 bits per heavy atom. The summed E-state index contributed by atoms with van der Waals surface area (Å²) in [6.45, 7) is 2.23. The van der Waals surface area contributed by atoms with Crippen LogP contribution in [0.3, 0.4) is 0 Å². The van der Waals surface area contributed by atoms with E-state index < -0.39 is 35.8 Å². The van der Waals surface area contributed by atoms with Gasteiger partial charge in [0, 0.05) is 6.42 Å². The number of rotatable bonds is 17. The zero-order valence-corrected chi connectivity index (χ0v) is 33.4. The highest BCUT2D eigenvalue weighted by atomic mass is 32.2. The third kappa shape index (κ3) is 9.98. The van der Waals surface area contributed by atoms with Gasteiger partial charge in [-0.15, -0.1) is 0 Å². The third-order valence-corrected chi connectivity index (χ3v) is 13.9. The van der Waals surface area contributed by atoms with E-state index in [-0.39, 0.29) is 54.1 Å². The molecule has 0 fully saturated rings. The average Bonchev–Trinajstić information content (AvgIpc) is 3.23. The van der Waals surface area contributed by atoms with Gasteiger partial charge in [-0.3, -0.25) is 0 Å². The van der Waals surface area contributed by atoms with E-state index in [4.69, 9.17) is 18.9 Å². The smallest absolute Gasteiger partial charge is 0.240 e. The zero-order valence-electron chi connectivity index (χ0n) is 30.9. The van der Waals surface area contributed by atoms with Crippen LogP contribution in [0, 0.1) is 0 Å². The monoisotopic (exact) mass is 842 g/mol. The minimum Gasteiger partial charge on any atom is -0.508 e. The first-order chi connectivity index (χ1) is 27.7. The topological polar surface area (TPSA) is 180 Å². The Labute approximate surface area is 337 Å². The molecule has 0 amide bonds. The van der Waals surface area contributed by atoms with E-state index in [0.717, 1.165) is 0 Å². The number of benzene rings is 6. The molecule has 0 aromatic heterocycles. The molecule has 1 unspecified atom stereocenters. The van der Waals surface area contributed by atoms with Crippen LogP contribution in [-0.4, -0.2) is 55.0 Å². The summed E-state index contributed by atoms with van der Waals surface area (Å²) in [6.07, 6.45) is 3.15. The molecule has 0 aliphatic rings. The Hall–Kier alpha value is -6.29. The van der Waals surface area contributed by atoms with E-state index in [1.165, 1.54) is 121 Å². The van der Waals surface area contributed by atoms with Crippen molar-refractivity contribution in [2.75, 3.05) is 13.2 Å². The first-order valence-electron chi connectivity index (χ1n) is 17.7. The Kier molecular flexibility index (Phi) is 12.7. The van der Waals surface area contributed by atoms with Gasteiger partial charge in [-0.25, -0.2) is 25.3 Å². The predicted octanol–water partition coefficient (Wildman–Crippen LogP) is 7.80. The summed E-state index contributed by atoms with van der Waals surface area (Å²) in [4.78, 5) is 0.399. The Bertz CT molecular complexity index is 2660. The molecule has 0 saturated heterocycles. The van der Waals surface area contributed by atoms with Gasteiger partial charge in [0.25, 0.3) is 0 Å². The van der Waals surface area contributed by atoms with Gasteiger partial charge in [0.05, 0.1) is 29.4 Å². The molecule has 0 radical (unpaired) electrons. The Morgan fingerprint density at radius 1 is 0.414 bits per heavy atom. The number of phenols is 2. The molecule has 0 aliphatic carbocycles. The molecule has 0 saturated carbocycles. The summed E-state index contributed by atoms with van der Waals surface area (Å²) in [5.41, 5.74) is 0. The molecule has 0 spiro atoms. The van der Waals surface area contributed by atoms with Crippen molar-refractivity contribution in [2.24, 2.45) is 0 Å². The highest BCUT2D eigenvalue weighted by Crippen LogP contribution is 2.29. The van der Waals surface area contributed by atoms with Gasteiger partial charge in [-0.1, -0.05) is 6.92 Å². The fraction of sp³-hybridized carbons (Fsp3) is 0.116. The van der Waals surface area contributed by atoms with Crippen molar-refractivity contribution < 1.29 is 54.4 Å². The first-order valence-corrected chi connectivity index (χ1v) is 22.2. The van der Waals surface area contributed by atoms with Crippen LogP contribution in [0.5, 0.6) is 34.5 Å². The molecule has 15 heteroatoms. The van der Waals surface area contributed by atoms with Crippen molar-refractivity contribution in [3.63, 3.8) is 0 Å². The van der Waals surface area contributed by atoms with Gasteiger partial charge in [0.1, 0.15) is 47.7 Å². The quantitative estimate of drug-likeness (QED) is 0.0673. The Morgan fingerprint density at radius 3 is 0.914 bits per heavy atom. The lowest BCUT2D eigenvalue weighted by Crippen LogP contribution is -2.22. The molecule has 300 valence electrons. The molecule has 1 atom stereocenters. The second-order valence-corrected chi connectivity index (χ2v) is 18.4. The summed E-state index contributed by atoms with van der Waals surface area (Å²) >= 11 is 0. The van der Waals surface area contributed by atoms with Crippen LogP contribution >= 0.6 is 0 Å². The van der Waals surface area contributed by atoms with E-state index in [1.807, 2.05) is 6.92 Å². The minimum absolute atomic E-state index is 0.0256. The minimum atomic E-state index is -3.86. The SMILES string of the molecule is CCC(Oc1ccc(S(=O)(=O)c2ccc(O)cc2)cc1)Oc1ccc(S(=O)(=O)c2ccc(OCC=CCOc3ccc(S(=O)(=O)c4ccc(O)cc4)cc3)cc2)cc1. The van der Waals surface area contributed by atoms with Crippen molar-refractivity contribution in [2.45, 2.75) is 49.0 Å². The Balaban J connectivity index is 0.961. The molecular weight excluding hydrogens is 805 g/mol. The van der Waals surface area contributed by atoms with E-state index in [2.05, 4.69) is 0 Å². The maximum atomic E-state index is 13.3. The molecular formula is C43H38O12S3. The van der Waals surface area contributed by atoms with E-state index in [9.17, 15) is 35.5 Å². The molecule has 58 heavy (non-hydrogen) atoms. The number of aromatic hydroxyl groups is 2. The van der Waals surface area contributed by atoms with Gasteiger partial charge >= 0.3 is 0 Å². The van der Waals surface area contributed by atoms with E-state index >= 15 is 0 Å². The third-order valence-electron chi connectivity index (χ3n) is 8.56. The maximum Gasteiger partial charge on any atom is 0.240 e. The molecule has 6 aromatic carbocycles. The molecule has 0 heterocycles. The lowest BCUT2D eigenvalue weighted by molar-refractivity contribution is 0.00323. The maximum absolute atomic E-state index is 13.3. The fourth-order valence-electron chi connectivity index (χ4n) is 5.40. The van der Waals surface area contributed by atoms with Gasteiger partial charge in [0.15, 0.2) is 0 Å². The van der Waals surface area contributed by atoms with Crippen LogP contribution in [0.2, 0.25) is 0 Å². The number of ether oxygens (including phenoxy) is 4. The highest BCUT2D eigenvalue weighted by molar-refractivity contribution is 7.92. The summed E-state index contributed by atoms with van der Waals surface area (Å²) in [6, 6.07) is 34.4. The molecule has 2 N–H and O–H groups in total. The van der Waals surface area contributed by atoms with Crippen molar-refractivity contribution in [3.8, 4) is 34.5 Å². The molecule has 12 nitrogen and oxygen atoms in total. The zero-order chi connectivity index (χ0) is 41.3. The summed E-state index contributed by atoms with van der Waals surface area (Å²) in [5, 5.41) is 18.9. The molecule has 0 aliphatic heterocycles. The van der Waals surface area contributed by atoms with Crippen LogP contribution in [0.15, 0.2) is 187 Å². The van der Waals surface area contributed by atoms with Gasteiger partial charge < -0.3 is 29.2 Å². The summed E-state index contributed by atoms with van der Waals surface area (Å²) in [7, 11) is -11.4. The number of hydrogen-bond donors (Lipinski definition) is 2. The van der Waals surface area contributed by atoms with Crippen LogP contribution in [-0.2, 0) is 29.5 Å². The van der Waals surface area contributed by atoms with Gasteiger partial charge in [0.2, 0.25) is 35.8 Å². The lowest BCUT2D eigenvalue weighted by Gasteiger charge is -2.19. The second kappa shape index (κ2) is 17.9. The molecule has 6 rings (SSSR count). The lowest BCUT2D eigenvalue weighted by atomic mass is 10.3. The number of phenolic OH excluding ortho intramolecular Hbond substituents is 2.